The molecule has 0 saturated carbocycles. The molecule has 1 fully saturated rings. The number of rotatable bonds is 3. The third-order valence-corrected chi connectivity index (χ3v) is 7.93. The van der Waals surface area contributed by atoms with E-state index in [0.29, 0.717) is 24.5 Å². The molecule has 0 amide bonds. The monoisotopic (exact) mass is 395 g/mol. The summed E-state index contributed by atoms with van der Waals surface area (Å²) in [7, 11) is -3.34. The molecule has 2 atom stereocenters. The predicted octanol–water partition coefficient (Wildman–Crippen LogP) is 3.04. The zero-order chi connectivity index (χ0) is 19.3. The third-order valence-electron chi connectivity index (χ3n) is 5.67. The Morgan fingerprint density at radius 2 is 1.82 bits per heavy atom. The van der Waals surface area contributed by atoms with E-state index in [9.17, 15) is 12.8 Å². The second kappa shape index (κ2) is 6.46. The van der Waals surface area contributed by atoms with Gasteiger partial charge in [-0.2, -0.15) is 4.39 Å². The number of nitrogens with zero attached hydrogens (tertiary/aromatic N) is 3. The van der Waals surface area contributed by atoms with E-state index in [1.807, 2.05) is 18.2 Å². The lowest BCUT2D eigenvalue weighted by atomic mass is 9.95. The van der Waals surface area contributed by atoms with Gasteiger partial charge in [0.2, 0.25) is 5.95 Å². The molecule has 0 bridgehead atoms. The molecule has 3 aromatic rings. The molecular weight excluding hydrogens is 377 g/mol. The number of hydrogen-bond donors (Lipinski definition) is 0. The minimum absolute atomic E-state index is 0.0461. The number of sulfone groups is 1. The van der Waals surface area contributed by atoms with Crippen molar-refractivity contribution in [3.63, 3.8) is 0 Å². The van der Waals surface area contributed by atoms with E-state index in [-0.39, 0.29) is 5.92 Å². The second-order valence-electron chi connectivity index (χ2n) is 7.36. The van der Waals surface area contributed by atoms with Gasteiger partial charge in [-0.3, -0.25) is 9.88 Å². The predicted molar refractivity (Wildman–Crippen MR) is 103 cm³/mol. The van der Waals surface area contributed by atoms with Crippen LogP contribution in [0.25, 0.3) is 11.1 Å². The molecule has 0 spiro atoms. The summed E-state index contributed by atoms with van der Waals surface area (Å²) < 4.78 is 39.2. The highest BCUT2D eigenvalue weighted by molar-refractivity contribution is 7.92. The number of fused-ring (bicyclic) bond motifs is 3. The molecule has 0 radical (unpaired) electrons. The topological polar surface area (TPSA) is 63.2 Å². The normalized spacial score (nSPS) is 22.8. The maximum Gasteiger partial charge on any atom is 0.212 e. The Balaban J connectivity index is 1.48. The molecule has 28 heavy (non-hydrogen) atoms. The third kappa shape index (κ3) is 2.82. The van der Waals surface area contributed by atoms with Crippen LogP contribution < -0.4 is 0 Å². The average Bonchev–Trinajstić information content (AvgIpc) is 3.21. The number of pyridine rings is 2. The van der Waals surface area contributed by atoms with Crippen LogP contribution in [0.2, 0.25) is 0 Å². The molecule has 142 valence electrons. The molecule has 0 N–H and O–H groups in total. The first-order valence-corrected chi connectivity index (χ1v) is 10.7. The summed E-state index contributed by atoms with van der Waals surface area (Å²) in [5.74, 6) is -0.578. The summed E-state index contributed by atoms with van der Waals surface area (Å²) >= 11 is 0. The van der Waals surface area contributed by atoms with Gasteiger partial charge in [0.15, 0.2) is 9.84 Å². The molecule has 4 heterocycles. The summed E-state index contributed by atoms with van der Waals surface area (Å²) in [6.07, 6.45) is 4.98. The van der Waals surface area contributed by atoms with Crippen LogP contribution in [-0.4, -0.2) is 41.6 Å². The first kappa shape index (κ1) is 17.5. The Bertz CT molecular complexity index is 1130. The van der Waals surface area contributed by atoms with Gasteiger partial charge in [0.25, 0.3) is 0 Å². The van der Waals surface area contributed by atoms with Crippen molar-refractivity contribution in [2.45, 2.75) is 22.6 Å². The van der Waals surface area contributed by atoms with Gasteiger partial charge in [0, 0.05) is 49.7 Å². The largest absolute Gasteiger partial charge is 0.297 e. The first-order chi connectivity index (χ1) is 13.5. The molecular formula is C21H18FN3O2S. The van der Waals surface area contributed by atoms with E-state index in [4.69, 9.17) is 0 Å². The molecule has 0 unspecified atom stereocenters. The number of aromatic nitrogens is 2. The lowest BCUT2D eigenvalue weighted by Gasteiger charge is -2.17. The van der Waals surface area contributed by atoms with Crippen molar-refractivity contribution in [3.05, 3.63) is 78.1 Å². The van der Waals surface area contributed by atoms with Crippen molar-refractivity contribution in [2.75, 3.05) is 13.1 Å². The molecule has 1 saturated heterocycles. The van der Waals surface area contributed by atoms with Gasteiger partial charge in [-0.1, -0.05) is 6.07 Å². The van der Waals surface area contributed by atoms with Gasteiger partial charge in [-0.15, -0.1) is 0 Å². The summed E-state index contributed by atoms with van der Waals surface area (Å²) in [4.78, 5) is 10.4. The molecule has 7 heteroatoms. The highest BCUT2D eigenvalue weighted by Crippen LogP contribution is 2.46. The van der Waals surface area contributed by atoms with Crippen molar-refractivity contribution < 1.29 is 12.8 Å². The van der Waals surface area contributed by atoms with E-state index >= 15 is 0 Å². The zero-order valence-electron chi connectivity index (χ0n) is 15.0. The van der Waals surface area contributed by atoms with E-state index in [1.165, 1.54) is 12.3 Å². The fraction of sp³-hybridized carbons (Fsp3) is 0.238. The summed E-state index contributed by atoms with van der Waals surface area (Å²) in [6.45, 7) is 1.93. The number of halogens is 1. The van der Waals surface area contributed by atoms with Crippen LogP contribution in [0.15, 0.2) is 66.0 Å². The van der Waals surface area contributed by atoms with Crippen molar-refractivity contribution >= 4 is 9.84 Å². The highest BCUT2D eigenvalue weighted by atomic mass is 32.2. The maximum atomic E-state index is 13.1. The second-order valence-corrected chi connectivity index (χ2v) is 9.50. The van der Waals surface area contributed by atoms with Crippen LogP contribution in [0.3, 0.4) is 0 Å². The van der Waals surface area contributed by atoms with Crippen molar-refractivity contribution in [1.29, 1.82) is 0 Å². The molecule has 2 aromatic heterocycles. The average molecular weight is 395 g/mol. The summed E-state index contributed by atoms with van der Waals surface area (Å²) in [5.41, 5.74) is 3.62. The van der Waals surface area contributed by atoms with Crippen LogP contribution in [0.4, 0.5) is 4.39 Å². The number of hydrogen-bond acceptors (Lipinski definition) is 5. The molecule has 5 rings (SSSR count). The van der Waals surface area contributed by atoms with E-state index in [0.717, 1.165) is 22.3 Å². The molecule has 5 nitrogen and oxygen atoms in total. The lowest BCUT2D eigenvalue weighted by Crippen LogP contribution is -2.25. The fourth-order valence-electron chi connectivity index (χ4n) is 4.33. The molecule has 0 aliphatic carbocycles. The Hall–Kier alpha value is -2.64. The Labute approximate surface area is 162 Å². The minimum atomic E-state index is -3.34. The fourth-order valence-corrected chi connectivity index (χ4v) is 6.52. The van der Waals surface area contributed by atoms with Gasteiger partial charge in [0.05, 0.1) is 10.1 Å². The highest BCUT2D eigenvalue weighted by Gasteiger charge is 2.50. The van der Waals surface area contributed by atoms with E-state index in [1.54, 1.807) is 30.6 Å². The SMILES string of the molecule is O=S1(=O)c2ccc(-c3ccc(F)nc3)cc2[C@H]2CN(Cc3ccncc3)C[C@@H]21. The van der Waals surface area contributed by atoms with Gasteiger partial charge in [-0.05, 0) is 53.1 Å². The van der Waals surface area contributed by atoms with Crippen LogP contribution >= 0.6 is 0 Å². The molecule has 2 aliphatic heterocycles. The number of likely N-dealkylation sites (tertiary alicyclic amines) is 1. The lowest BCUT2D eigenvalue weighted by molar-refractivity contribution is 0.325. The Morgan fingerprint density at radius 1 is 1.04 bits per heavy atom. The van der Waals surface area contributed by atoms with Crippen LogP contribution in [0.5, 0.6) is 0 Å². The van der Waals surface area contributed by atoms with Gasteiger partial charge in [-0.25, -0.2) is 13.4 Å². The van der Waals surface area contributed by atoms with E-state index in [2.05, 4.69) is 14.9 Å². The van der Waals surface area contributed by atoms with Gasteiger partial charge >= 0.3 is 0 Å². The Morgan fingerprint density at radius 3 is 2.57 bits per heavy atom. The van der Waals surface area contributed by atoms with Gasteiger partial charge < -0.3 is 0 Å². The smallest absolute Gasteiger partial charge is 0.212 e. The van der Waals surface area contributed by atoms with Crippen molar-refractivity contribution in [2.24, 2.45) is 0 Å². The van der Waals surface area contributed by atoms with Crippen LogP contribution in [0.1, 0.15) is 17.0 Å². The van der Waals surface area contributed by atoms with E-state index < -0.39 is 21.0 Å². The molecule has 1 aromatic carbocycles. The van der Waals surface area contributed by atoms with Gasteiger partial charge in [0.1, 0.15) is 0 Å². The zero-order valence-corrected chi connectivity index (χ0v) is 15.8. The maximum absolute atomic E-state index is 13.1. The van der Waals surface area contributed by atoms with Crippen molar-refractivity contribution in [3.8, 4) is 11.1 Å². The molecule has 2 aliphatic rings. The van der Waals surface area contributed by atoms with Crippen LogP contribution in [0, 0.1) is 5.95 Å². The standard InChI is InChI=1S/C21H18FN3O2S/c22-21-4-2-16(10-24-21)15-1-3-19-17(9-15)18-12-25(13-20(18)28(19,26)27)11-14-5-7-23-8-6-14/h1-10,18,20H,11-13H2/t18-,20+/m1/s1. The number of benzene rings is 1. The minimum Gasteiger partial charge on any atom is -0.297 e. The van der Waals surface area contributed by atoms with Crippen LogP contribution in [-0.2, 0) is 16.4 Å². The first-order valence-electron chi connectivity index (χ1n) is 9.13. The summed E-state index contributed by atoms with van der Waals surface area (Å²) in [6, 6.07) is 12.3. The van der Waals surface area contributed by atoms with Crippen molar-refractivity contribution in [1.82, 2.24) is 14.9 Å². The quantitative estimate of drug-likeness (QED) is 0.638. The summed E-state index contributed by atoms with van der Waals surface area (Å²) in [5, 5.41) is -0.411. The Kier molecular flexibility index (Phi) is 4.03.